The molecule has 134 valence electrons. The number of hydrogen-bond acceptors (Lipinski definition) is 6. The molecule has 1 saturated heterocycles. The second-order valence-corrected chi connectivity index (χ2v) is 6.13. The summed E-state index contributed by atoms with van der Waals surface area (Å²) in [7, 11) is 0. The van der Waals surface area contributed by atoms with Crippen LogP contribution in [0.5, 0.6) is 0 Å². The molecule has 3 rings (SSSR count). The maximum atomic E-state index is 12.0. The molecule has 0 spiro atoms. The maximum Gasteiger partial charge on any atom is 0.330 e. The minimum atomic E-state index is -1.51. The van der Waals surface area contributed by atoms with Crippen molar-refractivity contribution in [3.8, 4) is 0 Å². The molecule has 2 heterocycles. The molecule has 0 unspecified atom stereocenters. The first-order valence-electron chi connectivity index (χ1n) is 7.90. The van der Waals surface area contributed by atoms with E-state index in [9.17, 15) is 19.8 Å². The van der Waals surface area contributed by atoms with Crippen molar-refractivity contribution in [1.82, 2.24) is 9.55 Å². The molecule has 8 heteroatoms. The van der Waals surface area contributed by atoms with Crippen LogP contribution in [0.2, 0.25) is 0 Å². The standard InChI is InChI=1S/C17H20N2O6/c1-17(19-8-7-13(20)18-16(19)23)15(22)14(21)12(25-17)10-24-9-11-5-3-2-4-6-11/h2-8,12,14-15,21-22H,9-10H2,1H3,(H,18,20,23)/t12-,14-,15-,17-/m1/s1. The van der Waals surface area contributed by atoms with Gasteiger partial charge in [-0.1, -0.05) is 30.3 Å². The molecule has 1 aromatic heterocycles. The molecule has 0 amide bonds. The smallest absolute Gasteiger partial charge is 0.330 e. The number of ether oxygens (including phenoxy) is 2. The van der Waals surface area contributed by atoms with E-state index in [2.05, 4.69) is 4.98 Å². The van der Waals surface area contributed by atoms with Crippen molar-refractivity contribution in [3.05, 3.63) is 69.0 Å². The lowest BCUT2D eigenvalue weighted by Gasteiger charge is -2.29. The van der Waals surface area contributed by atoms with Crippen molar-refractivity contribution in [3.63, 3.8) is 0 Å². The zero-order valence-electron chi connectivity index (χ0n) is 13.7. The molecule has 1 aliphatic heterocycles. The molecule has 0 radical (unpaired) electrons. The molecule has 1 fully saturated rings. The van der Waals surface area contributed by atoms with Gasteiger partial charge in [-0.05, 0) is 12.5 Å². The second-order valence-electron chi connectivity index (χ2n) is 6.13. The number of aromatic nitrogens is 2. The quantitative estimate of drug-likeness (QED) is 0.674. The summed E-state index contributed by atoms with van der Waals surface area (Å²) >= 11 is 0. The summed E-state index contributed by atoms with van der Waals surface area (Å²) in [5.74, 6) is 0. The largest absolute Gasteiger partial charge is 0.387 e. The van der Waals surface area contributed by atoms with Crippen molar-refractivity contribution in [1.29, 1.82) is 0 Å². The molecule has 0 aliphatic carbocycles. The Morgan fingerprint density at radius 3 is 2.64 bits per heavy atom. The van der Waals surface area contributed by atoms with Crippen LogP contribution in [0.4, 0.5) is 0 Å². The Labute approximate surface area is 143 Å². The number of hydrogen-bond donors (Lipinski definition) is 3. The molecular weight excluding hydrogens is 328 g/mol. The summed E-state index contributed by atoms with van der Waals surface area (Å²) in [5, 5.41) is 20.6. The Hall–Kier alpha value is -2.26. The molecule has 0 bridgehead atoms. The number of nitrogens with zero attached hydrogens (tertiary/aromatic N) is 1. The van der Waals surface area contributed by atoms with Crippen LogP contribution in [-0.2, 0) is 21.8 Å². The van der Waals surface area contributed by atoms with Gasteiger partial charge >= 0.3 is 5.69 Å². The highest BCUT2D eigenvalue weighted by atomic mass is 16.6. The summed E-state index contributed by atoms with van der Waals surface area (Å²) in [6.45, 7) is 1.84. The normalized spacial score (nSPS) is 29.0. The average molecular weight is 348 g/mol. The van der Waals surface area contributed by atoms with Gasteiger partial charge in [0, 0.05) is 12.3 Å². The first kappa shape index (κ1) is 17.6. The number of rotatable bonds is 5. The molecule has 25 heavy (non-hydrogen) atoms. The maximum absolute atomic E-state index is 12.0. The van der Waals surface area contributed by atoms with Gasteiger partial charge in [0.05, 0.1) is 13.2 Å². The Balaban J connectivity index is 1.72. The Kier molecular flexibility index (Phi) is 4.87. The summed E-state index contributed by atoms with van der Waals surface area (Å²) in [4.78, 5) is 25.3. The third-order valence-corrected chi connectivity index (χ3v) is 4.34. The summed E-state index contributed by atoms with van der Waals surface area (Å²) in [6.07, 6.45) is -2.19. The number of H-pyrrole nitrogens is 1. The minimum absolute atomic E-state index is 0.0425. The van der Waals surface area contributed by atoms with E-state index in [0.29, 0.717) is 6.61 Å². The lowest BCUT2D eigenvalue weighted by Crippen LogP contribution is -2.49. The van der Waals surface area contributed by atoms with Crippen molar-refractivity contribution < 1.29 is 19.7 Å². The fourth-order valence-corrected chi connectivity index (χ4v) is 2.93. The predicted molar refractivity (Wildman–Crippen MR) is 88.0 cm³/mol. The monoisotopic (exact) mass is 348 g/mol. The van der Waals surface area contributed by atoms with E-state index >= 15 is 0 Å². The van der Waals surface area contributed by atoms with Gasteiger partial charge in [0.15, 0.2) is 5.72 Å². The van der Waals surface area contributed by atoms with Gasteiger partial charge in [0.25, 0.3) is 5.56 Å². The summed E-state index contributed by atoms with van der Waals surface area (Å²) in [5.41, 5.74) is -1.83. The molecule has 4 atom stereocenters. The minimum Gasteiger partial charge on any atom is -0.387 e. The van der Waals surface area contributed by atoms with E-state index in [-0.39, 0.29) is 6.61 Å². The number of aromatic amines is 1. The lowest BCUT2D eigenvalue weighted by molar-refractivity contribution is -0.142. The van der Waals surface area contributed by atoms with Crippen molar-refractivity contribution in [2.24, 2.45) is 0 Å². The van der Waals surface area contributed by atoms with E-state index < -0.39 is 35.3 Å². The Bertz CT molecular complexity index is 833. The van der Waals surface area contributed by atoms with Gasteiger partial charge in [0.1, 0.15) is 18.3 Å². The van der Waals surface area contributed by atoms with Crippen LogP contribution in [0.25, 0.3) is 0 Å². The third-order valence-electron chi connectivity index (χ3n) is 4.34. The summed E-state index contributed by atoms with van der Waals surface area (Å²) < 4.78 is 12.3. The van der Waals surface area contributed by atoms with E-state index in [1.807, 2.05) is 30.3 Å². The molecule has 3 N–H and O–H groups in total. The highest BCUT2D eigenvalue weighted by Crippen LogP contribution is 2.34. The first-order chi connectivity index (χ1) is 11.9. The number of aliphatic hydroxyl groups is 2. The topological polar surface area (TPSA) is 114 Å². The fraction of sp³-hybridized carbons (Fsp3) is 0.412. The van der Waals surface area contributed by atoms with Gasteiger partial charge in [-0.3, -0.25) is 14.3 Å². The predicted octanol–water partition coefficient (Wildman–Crippen LogP) is -0.453. The van der Waals surface area contributed by atoms with Gasteiger partial charge in [0.2, 0.25) is 0 Å². The van der Waals surface area contributed by atoms with E-state index in [1.165, 1.54) is 13.1 Å². The van der Waals surface area contributed by atoms with Crippen LogP contribution in [0.1, 0.15) is 12.5 Å². The molecular formula is C17H20N2O6. The van der Waals surface area contributed by atoms with Gasteiger partial charge in [-0.25, -0.2) is 4.79 Å². The molecule has 8 nitrogen and oxygen atoms in total. The first-order valence-corrected chi connectivity index (χ1v) is 7.90. The second kappa shape index (κ2) is 6.93. The van der Waals surface area contributed by atoms with Crippen molar-refractivity contribution >= 4 is 0 Å². The van der Waals surface area contributed by atoms with Crippen LogP contribution in [-0.4, -0.2) is 44.7 Å². The lowest BCUT2D eigenvalue weighted by atomic mass is 10.0. The average Bonchev–Trinajstić information content (AvgIpc) is 2.80. The van der Waals surface area contributed by atoms with Crippen LogP contribution >= 0.6 is 0 Å². The van der Waals surface area contributed by atoms with Crippen LogP contribution in [0.15, 0.2) is 52.2 Å². The molecule has 2 aromatic rings. The Morgan fingerprint density at radius 2 is 1.96 bits per heavy atom. The Morgan fingerprint density at radius 1 is 1.24 bits per heavy atom. The highest BCUT2D eigenvalue weighted by molar-refractivity contribution is 5.13. The zero-order valence-corrected chi connectivity index (χ0v) is 13.7. The van der Waals surface area contributed by atoms with Gasteiger partial charge in [-0.15, -0.1) is 0 Å². The highest BCUT2D eigenvalue weighted by Gasteiger charge is 2.52. The van der Waals surface area contributed by atoms with E-state index in [1.54, 1.807) is 0 Å². The van der Waals surface area contributed by atoms with Crippen molar-refractivity contribution in [2.75, 3.05) is 6.61 Å². The number of nitrogens with one attached hydrogen (secondary N) is 1. The molecule has 1 aliphatic rings. The molecule has 1 aromatic carbocycles. The number of benzene rings is 1. The van der Waals surface area contributed by atoms with Crippen LogP contribution < -0.4 is 11.2 Å². The van der Waals surface area contributed by atoms with Gasteiger partial charge in [-0.2, -0.15) is 0 Å². The van der Waals surface area contributed by atoms with Crippen LogP contribution in [0.3, 0.4) is 0 Å². The molecule has 0 saturated carbocycles. The third kappa shape index (κ3) is 3.42. The summed E-state index contributed by atoms with van der Waals surface area (Å²) in [6, 6.07) is 10.6. The van der Waals surface area contributed by atoms with Gasteiger partial charge < -0.3 is 19.7 Å². The van der Waals surface area contributed by atoms with E-state index in [4.69, 9.17) is 9.47 Å². The SMILES string of the molecule is C[C@@]1(n2ccc(=O)[nH]c2=O)O[C@H](COCc2ccccc2)[C@@H](O)[C@H]1O. The number of aliphatic hydroxyl groups excluding tert-OH is 2. The van der Waals surface area contributed by atoms with E-state index in [0.717, 1.165) is 16.2 Å². The van der Waals surface area contributed by atoms with Crippen molar-refractivity contribution in [2.45, 2.75) is 37.6 Å². The zero-order chi connectivity index (χ0) is 18.0. The van der Waals surface area contributed by atoms with Crippen LogP contribution in [0, 0.1) is 0 Å². The fourth-order valence-electron chi connectivity index (χ4n) is 2.93.